The molecule has 0 fully saturated rings. The average Bonchev–Trinajstić information content (AvgIpc) is 3.26. The van der Waals surface area contributed by atoms with E-state index < -0.39 is 16.7 Å². The molecule has 0 bridgehead atoms. The molecule has 0 aliphatic heterocycles. The number of amides is 2. The van der Waals surface area contributed by atoms with Gasteiger partial charge in [0.2, 0.25) is 5.82 Å². The van der Waals surface area contributed by atoms with Crippen molar-refractivity contribution >= 4 is 29.1 Å². The van der Waals surface area contributed by atoms with Gasteiger partial charge in [-0.25, -0.2) is 0 Å². The van der Waals surface area contributed by atoms with Crippen molar-refractivity contribution < 1.29 is 23.8 Å². The van der Waals surface area contributed by atoms with Crippen molar-refractivity contribution in [2.75, 3.05) is 20.2 Å². The van der Waals surface area contributed by atoms with Gasteiger partial charge in [0.25, 0.3) is 11.6 Å². The SMILES string of the molecule is COc1ccc(Cl)cc1-c1noc(C(=O)NCCNC(=O)c2ccc([N+](=O)[O-])c(C)c2)n1. The first-order chi connectivity index (χ1) is 15.3. The summed E-state index contributed by atoms with van der Waals surface area (Å²) >= 11 is 5.99. The van der Waals surface area contributed by atoms with Crippen molar-refractivity contribution in [3.8, 4) is 17.1 Å². The van der Waals surface area contributed by atoms with E-state index in [0.717, 1.165) is 0 Å². The molecule has 0 saturated heterocycles. The number of nitro benzene ring substituents is 1. The minimum atomic E-state index is -0.620. The van der Waals surface area contributed by atoms with Crippen LogP contribution in [0.3, 0.4) is 0 Å². The lowest BCUT2D eigenvalue weighted by Gasteiger charge is -2.06. The zero-order valence-corrected chi connectivity index (χ0v) is 17.8. The van der Waals surface area contributed by atoms with Gasteiger partial charge in [-0.15, -0.1) is 0 Å². The normalized spacial score (nSPS) is 10.5. The molecule has 32 heavy (non-hydrogen) atoms. The summed E-state index contributed by atoms with van der Waals surface area (Å²) in [5.41, 5.74) is 1.05. The van der Waals surface area contributed by atoms with Crippen LogP contribution in [-0.4, -0.2) is 47.1 Å². The van der Waals surface area contributed by atoms with Crippen LogP contribution in [0, 0.1) is 17.0 Å². The van der Waals surface area contributed by atoms with E-state index in [4.69, 9.17) is 20.9 Å². The fraction of sp³-hybridized carbons (Fsp3) is 0.200. The van der Waals surface area contributed by atoms with Crippen LogP contribution < -0.4 is 15.4 Å². The second-order valence-electron chi connectivity index (χ2n) is 6.54. The van der Waals surface area contributed by atoms with Crippen LogP contribution in [0.5, 0.6) is 5.75 Å². The topological polar surface area (TPSA) is 149 Å². The van der Waals surface area contributed by atoms with Crippen LogP contribution in [-0.2, 0) is 0 Å². The van der Waals surface area contributed by atoms with Crippen LogP contribution in [0.25, 0.3) is 11.4 Å². The summed E-state index contributed by atoms with van der Waals surface area (Å²) in [6, 6.07) is 8.93. The van der Waals surface area contributed by atoms with Crippen LogP contribution in [0.1, 0.15) is 26.6 Å². The summed E-state index contributed by atoms with van der Waals surface area (Å²) in [6.45, 7) is 1.76. The Morgan fingerprint density at radius 3 is 2.53 bits per heavy atom. The van der Waals surface area contributed by atoms with E-state index in [-0.39, 0.29) is 36.1 Å². The number of ether oxygens (including phenoxy) is 1. The number of hydrogen-bond donors (Lipinski definition) is 2. The number of rotatable bonds is 8. The van der Waals surface area contributed by atoms with Gasteiger partial charge in [0.05, 0.1) is 17.6 Å². The first-order valence-corrected chi connectivity index (χ1v) is 9.67. The van der Waals surface area contributed by atoms with E-state index in [1.165, 1.54) is 25.3 Å². The molecule has 1 heterocycles. The Morgan fingerprint density at radius 1 is 1.16 bits per heavy atom. The van der Waals surface area contributed by atoms with Gasteiger partial charge in [-0.1, -0.05) is 16.8 Å². The molecule has 3 aromatic rings. The number of halogens is 1. The summed E-state index contributed by atoms with van der Waals surface area (Å²) < 4.78 is 10.2. The highest BCUT2D eigenvalue weighted by Crippen LogP contribution is 2.30. The van der Waals surface area contributed by atoms with Crippen LogP contribution in [0.2, 0.25) is 5.02 Å². The molecule has 0 saturated carbocycles. The fourth-order valence-corrected chi connectivity index (χ4v) is 2.98. The highest BCUT2D eigenvalue weighted by Gasteiger charge is 2.19. The molecule has 1 aromatic heterocycles. The first kappa shape index (κ1) is 22.7. The number of nitrogens with zero attached hydrogens (tertiary/aromatic N) is 3. The zero-order valence-electron chi connectivity index (χ0n) is 17.0. The number of aryl methyl sites for hydroxylation is 1. The Kier molecular flexibility index (Phi) is 7.00. The fourth-order valence-electron chi connectivity index (χ4n) is 2.81. The first-order valence-electron chi connectivity index (χ1n) is 9.29. The third-order valence-electron chi connectivity index (χ3n) is 4.37. The molecule has 2 N–H and O–H groups in total. The second-order valence-corrected chi connectivity index (χ2v) is 6.97. The van der Waals surface area contributed by atoms with E-state index >= 15 is 0 Å². The van der Waals surface area contributed by atoms with Crippen LogP contribution in [0.15, 0.2) is 40.9 Å². The van der Waals surface area contributed by atoms with E-state index in [1.807, 2.05) is 0 Å². The number of carbonyl (C=O) groups is 2. The Hall–Kier alpha value is -3.99. The van der Waals surface area contributed by atoms with E-state index in [1.54, 1.807) is 25.1 Å². The van der Waals surface area contributed by atoms with Gasteiger partial charge in [-0.05, 0) is 37.3 Å². The molecule has 2 amide bonds. The van der Waals surface area contributed by atoms with Crippen molar-refractivity contribution in [1.29, 1.82) is 0 Å². The van der Waals surface area contributed by atoms with Gasteiger partial charge >= 0.3 is 11.8 Å². The number of nitrogens with one attached hydrogen (secondary N) is 2. The van der Waals surface area contributed by atoms with E-state index in [9.17, 15) is 19.7 Å². The Bertz CT molecular complexity index is 1180. The number of aromatic nitrogens is 2. The van der Waals surface area contributed by atoms with Gasteiger partial charge < -0.3 is 19.9 Å². The quantitative estimate of drug-likeness (QED) is 0.296. The van der Waals surface area contributed by atoms with Crippen molar-refractivity contribution in [2.45, 2.75) is 6.92 Å². The predicted molar refractivity (Wildman–Crippen MR) is 114 cm³/mol. The van der Waals surface area contributed by atoms with Gasteiger partial charge in [0.15, 0.2) is 0 Å². The molecule has 0 atom stereocenters. The average molecular weight is 460 g/mol. The largest absolute Gasteiger partial charge is 0.496 e. The lowest BCUT2D eigenvalue weighted by Crippen LogP contribution is -2.34. The van der Waals surface area contributed by atoms with Gasteiger partial charge in [0, 0.05) is 35.3 Å². The van der Waals surface area contributed by atoms with Crippen LogP contribution in [0.4, 0.5) is 5.69 Å². The molecule has 3 rings (SSSR count). The molecular weight excluding hydrogens is 442 g/mol. The summed E-state index contributed by atoms with van der Waals surface area (Å²) in [5.74, 6) is -0.711. The minimum absolute atomic E-state index is 0.0665. The van der Waals surface area contributed by atoms with Crippen molar-refractivity contribution in [2.24, 2.45) is 0 Å². The van der Waals surface area contributed by atoms with E-state index in [2.05, 4.69) is 20.8 Å². The number of nitro groups is 1. The zero-order chi connectivity index (χ0) is 23.3. The highest BCUT2D eigenvalue weighted by molar-refractivity contribution is 6.30. The maximum atomic E-state index is 12.2. The molecular formula is C20H18ClN5O6. The summed E-state index contributed by atoms with van der Waals surface area (Å²) in [7, 11) is 1.48. The maximum absolute atomic E-state index is 12.2. The molecule has 2 aromatic carbocycles. The molecule has 0 aliphatic rings. The summed E-state index contributed by atoms with van der Waals surface area (Å²) in [5, 5.41) is 20.2. The number of carbonyl (C=O) groups excluding carboxylic acids is 2. The number of benzene rings is 2. The smallest absolute Gasteiger partial charge is 0.316 e. The van der Waals surface area contributed by atoms with E-state index in [0.29, 0.717) is 21.9 Å². The van der Waals surface area contributed by atoms with Gasteiger partial charge in [-0.2, -0.15) is 4.98 Å². The molecule has 0 unspecified atom stereocenters. The lowest BCUT2D eigenvalue weighted by atomic mass is 10.1. The lowest BCUT2D eigenvalue weighted by molar-refractivity contribution is -0.385. The molecule has 166 valence electrons. The Labute approximate surface area is 186 Å². The molecule has 0 spiro atoms. The molecule has 0 radical (unpaired) electrons. The predicted octanol–water partition coefficient (Wildman–Crippen LogP) is 2.78. The van der Waals surface area contributed by atoms with Crippen molar-refractivity contribution in [3.05, 3.63) is 68.6 Å². The monoisotopic (exact) mass is 459 g/mol. The van der Waals surface area contributed by atoms with Gasteiger partial charge in [0.1, 0.15) is 5.75 Å². The standard InChI is InChI=1S/C20H18ClN5O6/c1-11-9-12(3-5-15(11)26(29)30)18(27)22-7-8-23-19(28)20-24-17(25-32-20)14-10-13(21)4-6-16(14)31-2/h3-6,9-10H,7-8H2,1-2H3,(H,22,27)(H,23,28). The maximum Gasteiger partial charge on any atom is 0.316 e. The van der Waals surface area contributed by atoms with Crippen molar-refractivity contribution in [3.63, 3.8) is 0 Å². The van der Waals surface area contributed by atoms with Crippen LogP contribution >= 0.6 is 11.6 Å². The highest BCUT2D eigenvalue weighted by atomic mass is 35.5. The minimum Gasteiger partial charge on any atom is -0.496 e. The third kappa shape index (κ3) is 5.19. The third-order valence-corrected chi connectivity index (χ3v) is 4.61. The van der Waals surface area contributed by atoms with Gasteiger partial charge in [-0.3, -0.25) is 19.7 Å². The second kappa shape index (κ2) is 9.88. The molecule has 12 heteroatoms. The number of hydrogen-bond acceptors (Lipinski definition) is 8. The summed E-state index contributed by atoms with van der Waals surface area (Å²) in [6.07, 6.45) is 0. The molecule has 0 aliphatic carbocycles. The van der Waals surface area contributed by atoms with Crippen molar-refractivity contribution in [1.82, 2.24) is 20.8 Å². The molecule has 11 nitrogen and oxygen atoms in total. The number of methoxy groups -OCH3 is 1. The Morgan fingerprint density at radius 2 is 1.88 bits per heavy atom. The Balaban J connectivity index is 1.54. The summed E-state index contributed by atoms with van der Waals surface area (Å²) in [4.78, 5) is 38.8.